The van der Waals surface area contributed by atoms with Crippen LogP contribution in [0.1, 0.15) is 23.2 Å². The highest BCUT2D eigenvalue weighted by atomic mass is 19.1. The van der Waals surface area contributed by atoms with E-state index in [9.17, 15) is 14.0 Å². The maximum Gasteiger partial charge on any atom is 0.255 e. The van der Waals surface area contributed by atoms with E-state index in [2.05, 4.69) is 20.5 Å². The van der Waals surface area contributed by atoms with Crippen LogP contribution in [0.5, 0.6) is 0 Å². The number of carbonyl (C=O) groups excluding carboxylic acids is 2. The van der Waals surface area contributed by atoms with Gasteiger partial charge in [-0.3, -0.25) is 14.7 Å². The van der Waals surface area contributed by atoms with E-state index in [0.717, 1.165) is 12.1 Å². The molecule has 0 radical (unpaired) electrons. The first-order valence-electron chi connectivity index (χ1n) is 8.49. The normalized spacial score (nSPS) is 13.8. The largest absolute Gasteiger partial charge is 0.322 e. The highest BCUT2D eigenvalue weighted by Crippen LogP contribution is 2.24. The zero-order chi connectivity index (χ0) is 18.8. The van der Waals surface area contributed by atoms with Crippen molar-refractivity contribution >= 4 is 23.2 Å². The van der Waals surface area contributed by atoms with Crippen LogP contribution in [0.3, 0.4) is 0 Å². The molecule has 136 valence electrons. The predicted molar refractivity (Wildman–Crippen MR) is 97.8 cm³/mol. The summed E-state index contributed by atoms with van der Waals surface area (Å²) < 4.78 is 14.0. The molecule has 0 spiro atoms. The van der Waals surface area contributed by atoms with Gasteiger partial charge in [0.05, 0.1) is 5.56 Å². The molecule has 1 aliphatic rings. The number of H-pyrrole nitrogens is 1. The first-order valence-corrected chi connectivity index (χ1v) is 8.49. The summed E-state index contributed by atoms with van der Waals surface area (Å²) in [5.41, 5.74) is 1.87. The lowest BCUT2D eigenvalue weighted by Gasteiger charge is -2.15. The highest BCUT2D eigenvalue weighted by molar-refractivity contribution is 6.05. The molecule has 1 aliphatic heterocycles. The number of nitrogens with one attached hydrogen (secondary N) is 2. The van der Waals surface area contributed by atoms with E-state index < -0.39 is 5.82 Å². The number of aromatic nitrogens is 3. The number of hydrogen-bond acceptors (Lipinski definition) is 4. The Kier molecular flexibility index (Phi) is 4.37. The van der Waals surface area contributed by atoms with Crippen LogP contribution in [-0.4, -0.2) is 33.5 Å². The summed E-state index contributed by atoms with van der Waals surface area (Å²) in [5.74, 6) is -0.421. The van der Waals surface area contributed by atoms with Gasteiger partial charge < -0.3 is 10.2 Å². The van der Waals surface area contributed by atoms with Crippen LogP contribution >= 0.6 is 0 Å². The number of rotatable bonds is 4. The molecule has 0 saturated carbocycles. The molecule has 7 nitrogen and oxygen atoms in total. The molecule has 2 aromatic carbocycles. The highest BCUT2D eigenvalue weighted by Gasteiger charge is 2.21. The molecule has 0 bridgehead atoms. The number of halogens is 1. The second-order valence-electron chi connectivity index (χ2n) is 6.18. The molecule has 1 saturated heterocycles. The molecule has 2 N–H and O–H groups in total. The lowest BCUT2D eigenvalue weighted by molar-refractivity contribution is -0.117. The molecule has 0 unspecified atom stereocenters. The lowest BCUT2D eigenvalue weighted by atomic mass is 10.1. The maximum atomic E-state index is 14.0. The Morgan fingerprint density at radius 3 is 2.67 bits per heavy atom. The molecule has 0 aliphatic carbocycles. The molecule has 2 heterocycles. The SMILES string of the molecule is O=C(Nc1ccc(F)c(-c2ncn[nH]2)c1)c1ccc(N2CCCC2=O)cc1. The Bertz CT molecular complexity index is 986. The van der Waals surface area contributed by atoms with Crippen molar-refractivity contribution in [2.75, 3.05) is 16.8 Å². The quantitative estimate of drug-likeness (QED) is 0.744. The zero-order valence-corrected chi connectivity index (χ0v) is 14.3. The van der Waals surface area contributed by atoms with Crippen LogP contribution in [0.2, 0.25) is 0 Å². The number of nitrogens with zero attached hydrogens (tertiary/aromatic N) is 3. The molecule has 27 heavy (non-hydrogen) atoms. The van der Waals surface area contributed by atoms with Gasteiger partial charge in [-0.05, 0) is 48.9 Å². The monoisotopic (exact) mass is 365 g/mol. The van der Waals surface area contributed by atoms with Crippen molar-refractivity contribution in [3.63, 3.8) is 0 Å². The Labute approximate surface area is 154 Å². The average Bonchev–Trinajstić information content (AvgIpc) is 3.35. The Balaban J connectivity index is 1.51. The topological polar surface area (TPSA) is 91.0 Å². The van der Waals surface area contributed by atoms with E-state index in [0.29, 0.717) is 24.2 Å². The van der Waals surface area contributed by atoms with Crippen molar-refractivity contribution in [3.8, 4) is 11.4 Å². The molecular formula is C19H16FN5O2. The van der Waals surface area contributed by atoms with Gasteiger partial charge in [-0.25, -0.2) is 9.37 Å². The third kappa shape index (κ3) is 3.41. The molecule has 1 fully saturated rings. The Hall–Kier alpha value is -3.55. The minimum absolute atomic E-state index is 0.0958. The van der Waals surface area contributed by atoms with Crippen LogP contribution in [0.4, 0.5) is 15.8 Å². The molecule has 4 rings (SSSR count). The summed E-state index contributed by atoms with van der Waals surface area (Å²) >= 11 is 0. The van der Waals surface area contributed by atoms with Crippen molar-refractivity contribution in [2.45, 2.75) is 12.8 Å². The van der Waals surface area contributed by atoms with Gasteiger partial charge in [0, 0.05) is 29.9 Å². The first kappa shape index (κ1) is 16.9. The molecule has 1 aromatic heterocycles. The fraction of sp³-hybridized carbons (Fsp3) is 0.158. The zero-order valence-electron chi connectivity index (χ0n) is 14.3. The van der Waals surface area contributed by atoms with Gasteiger partial charge in [-0.2, -0.15) is 5.10 Å². The second kappa shape index (κ2) is 6.99. The Morgan fingerprint density at radius 1 is 1.19 bits per heavy atom. The van der Waals surface area contributed by atoms with Gasteiger partial charge in [0.15, 0.2) is 5.82 Å². The fourth-order valence-corrected chi connectivity index (χ4v) is 3.04. The minimum atomic E-state index is -0.468. The van der Waals surface area contributed by atoms with Gasteiger partial charge >= 0.3 is 0 Å². The number of amides is 2. The van der Waals surface area contributed by atoms with Gasteiger partial charge in [0.25, 0.3) is 5.91 Å². The van der Waals surface area contributed by atoms with Crippen molar-refractivity contribution in [1.82, 2.24) is 15.2 Å². The van der Waals surface area contributed by atoms with E-state index >= 15 is 0 Å². The van der Waals surface area contributed by atoms with E-state index in [1.165, 1.54) is 24.5 Å². The van der Waals surface area contributed by atoms with Gasteiger partial charge in [-0.1, -0.05) is 0 Å². The number of carbonyl (C=O) groups is 2. The molecule has 2 amide bonds. The molecular weight excluding hydrogens is 349 g/mol. The predicted octanol–water partition coefficient (Wildman–Crippen LogP) is 2.99. The van der Waals surface area contributed by atoms with Crippen molar-refractivity contribution in [1.29, 1.82) is 0 Å². The molecule has 0 atom stereocenters. The van der Waals surface area contributed by atoms with Gasteiger partial charge in [0.2, 0.25) is 5.91 Å². The van der Waals surface area contributed by atoms with Gasteiger partial charge in [0.1, 0.15) is 12.1 Å². The maximum absolute atomic E-state index is 14.0. The van der Waals surface area contributed by atoms with E-state index in [4.69, 9.17) is 0 Å². The smallest absolute Gasteiger partial charge is 0.255 e. The summed E-state index contributed by atoms with van der Waals surface area (Å²) in [6.07, 6.45) is 2.69. The van der Waals surface area contributed by atoms with Crippen LogP contribution in [0.15, 0.2) is 48.8 Å². The second-order valence-corrected chi connectivity index (χ2v) is 6.18. The van der Waals surface area contributed by atoms with E-state index in [1.54, 1.807) is 29.2 Å². The van der Waals surface area contributed by atoms with Crippen molar-refractivity contribution < 1.29 is 14.0 Å². The summed E-state index contributed by atoms with van der Waals surface area (Å²) in [6, 6.07) is 11.1. The standard InChI is InChI=1S/C19H16FN5O2/c20-16-8-5-13(10-15(16)18-21-11-22-24-18)23-19(27)12-3-6-14(7-4-12)25-9-1-2-17(25)26/h3-8,10-11H,1-2,9H2,(H,23,27)(H,21,22,24). The minimum Gasteiger partial charge on any atom is -0.322 e. The number of benzene rings is 2. The summed E-state index contributed by atoms with van der Waals surface area (Å²) in [6.45, 7) is 0.699. The summed E-state index contributed by atoms with van der Waals surface area (Å²) in [5, 5.41) is 9.04. The summed E-state index contributed by atoms with van der Waals surface area (Å²) in [4.78, 5) is 29.9. The molecule has 3 aromatic rings. The van der Waals surface area contributed by atoms with Crippen LogP contribution < -0.4 is 10.2 Å². The lowest BCUT2D eigenvalue weighted by Crippen LogP contribution is -2.23. The first-order chi connectivity index (χ1) is 13.1. The fourth-order valence-electron chi connectivity index (χ4n) is 3.04. The Morgan fingerprint density at radius 2 is 2.00 bits per heavy atom. The van der Waals surface area contributed by atoms with Crippen LogP contribution in [0, 0.1) is 5.82 Å². The van der Waals surface area contributed by atoms with Crippen molar-refractivity contribution in [2.24, 2.45) is 0 Å². The number of anilines is 2. The third-order valence-corrected chi connectivity index (χ3v) is 4.41. The average molecular weight is 365 g/mol. The number of aromatic amines is 1. The van der Waals surface area contributed by atoms with E-state index in [-0.39, 0.29) is 23.2 Å². The van der Waals surface area contributed by atoms with E-state index in [1.807, 2.05) is 0 Å². The number of hydrogen-bond donors (Lipinski definition) is 2. The van der Waals surface area contributed by atoms with Crippen LogP contribution in [0.25, 0.3) is 11.4 Å². The van der Waals surface area contributed by atoms with Gasteiger partial charge in [-0.15, -0.1) is 0 Å². The van der Waals surface area contributed by atoms with Crippen molar-refractivity contribution in [3.05, 3.63) is 60.2 Å². The molecule has 8 heteroatoms. The summed E-state index contributed by atoms with van der Waals surface area (Å²) in [7, 11) is 0. The third-order valence-electron chi connectivity index (χ3n) is 4.41. The van der Waals surface area contributed by atoms with Crippen LogP contribution in [-0.2, 0) is 4.79 Å².